The van der Waals surface area contributed by atoms with Gasteiger partial charge in [-0.05, 0) is 61.2 Å². The number of nitrogens with one attached hydrogen (secondary N) is 1. The molecule has 2 aromatic rings. The molecule has 186 valence electrons. The maximum absolute atomic E-state index is 12.9. The second-order valence-corrected chi connectivity index (χ2v) is 11.1. The summed E-state index contributed by atoms with van der Waals surface area (Å²) >= 11 is 0. The van der Waals surface area contributed by atoms with Crippen molar-refractivity contribution in [3.05, 3.63) is 48.0 Å². The Kier molecular flexibility index (Phi) is 8.72. The second kappa shape index (κ2) is 10.9. The van der Waals surface area contributed by atoms with Crippen LogP contribution in [0.4, 0.5) is 5.69 Å². The van der Waals surface area contributed by atoms with Gasteiger partial charge in [0.2, 0.25) is 11.8 Å². The van der Waals surface area contributed by atoms with Crippen LogP contribution in [0.5, 0.6) is 11.5 Å². The number of amides is 2. The van der Waals surface area contributed by atoms with E-state index in [1.165, 1.54) is 38.3 Å². The summed E-state index contributed by atoms with van der Waals surface area (Å²) in [6.07, 6.45) is 0.396. The molecule has 1 N–H and O–H groups in total. The van der Waals surface area contributed by atoms with Gasteiger partial charge in [0.05, 0.1) is 7.11 Å². The number of methoxy groups -OCH3 is 1. The van der Waals surface area contributed by atoms with Crippen LogP contribution in [0.3, 0.4) is 0 Å². The lowest BCUT2D eigenvalue weighted by Gasteiger charge is -2.30. The molecule has 0 atom stereocenters. The van der Waals surface area contributed by atoms with Crippen LogP contribution in [-0.4, -0.2) is 38.3 Å². The van der Waals surface area contributed by atoms with Gasteiger partial charge in [0, 0.05) is 31.6 Å². The van der Waals surface area contributed by atoms with Gasteiger partial charge in [-0.15, -0.1) is 0 Å². The Morgan fingerprint density at radius 2 is 1.65 bits per heavy atom. The zero-order valence-corrected chi connectivity index (χ0v) is 21.7. The molecule has 0 saturated heterocycles. The molecular weight excluding hydrogens is 456 g/mol. The monoisotopic (exact) mass is 490 g/mol. The summed E-state index contributed by atoms with van der Waals surface area (Å²) in [5.41, 5.74) is 1.03. The summed E-state index contributed by atoms with van der Waals surface area (Å²) in [4.78, 5) is 25.7. The topological polar surface area (TPSA) is 102 Å². The SMILES string of the molecule is COc1ccc(CN(C(=O)CC(C)(C)C)C(C)C)cc1OS(=O)(=O)c1ccc(NC(C)=O)cc1. The van der Waals surface area contributed by atoms with Crippen molar-refractivity contribution in [3.63, 3.8) is 0 Å². The highest BCUT2D eigenvalue weighted by atomic mass is 32.2. The molecule has 0 saturated carbocycles. The Labute approximate surface area is 202 Å². The third-order valence-electron chi connectivity index (χ3n) is 4.87. The smallest absolute Gasteiger partial charge is 0.339 e. The first kappa shape index (κ1) is 27.2. The Morgan fingerprint density at radius 1 is 1.03 bits per heavy atom. The molecule has 0 aliphatic heterocycles. The number of rotatable bonds is 9. The molecule has 9 heteroatoms. The Balaban J connectivity index is 2.30. The van der Waals surface area contributed by atoms with Gasteiger partial charge in [-0.3, -0.25) is 9.59 Å². The van der Waals surface area contributed by atoms with Crippen molar-refractivity contribution in [2.24, 2.45) is 5.41 Å². The van der Waals surface area contributed by atoms with E-state index >= 15 is 0 Å². The van der Waals surface area contributed by atoms with Gasteiger partial charge < -0.3 is 19.1 Å². The summed E-state index contributed by atoms with van der Waals surface area (Å²) in [6, 6.07) is 10.6. The highest BCUT2D eigenvalue weighted by molar-refractivity contribution is 7.87. The Bertz CT molecular complexity index is 1120. The molecule has 0 spiro atoms. The fourth-order valence-corrected chi connectivity index (χ4v) is 4.20. The van der Waals surface area contributed by atoms with Gasteiger partial charge in [-0.25, -0.2) is 0 Å². The second-order valence-electron chi connectivity index (χ2n) is 9.58. The van der Waals surface area contributed by atoms with Crippen molar-refractivity contribution < 1.29 is 26.9 Å². The van der Waals surface area contributed by atoms with E-state index in [0.717, 1.165) is 0 Å². The van der Waals surface area contributed by atoms with Crippen LogP contribution in [0, 0.1) is 5.41 Å². The molecule has 2 amide bonds. The lowest BCUT2D eigenvalue weighted by atomic mass is 9.91. The van der Waals surface area contributed by atoms with Crippen LogP contribution in [0.2, 0.25) is 0 Å². The van der Waals surface area contributed by atoms with Gasteiger partial charge in [0.1, 0.15) is 4.90 Å². The largest absolute Gasteiger partial charge is 0.493 e. The van der Waals surface area contributed by atoms with Crippen LogP contribution < -0.4 is 14.2 Å². The van der Waals surface area contributed by atoms with Gasteiger partial charge in [-0.2, -0.15) is 8.42 Å². The number of nitrogens with zero attached hydrogens (tertiary/aromatic N) is 1. The van der Waals surface area contributed by atoms with Crippen molar-refractivity contribution in [1.82, 2.24) is 4.90 Å². The lowest BCUT2D eigenvalue weighted by Crippen LogP contribution is -2.38. The van der Waals surface area contributed by atoms with E-state index in [9.17, 15) is 18.0 Å². The van der Waals surface area contributed by atoms with Crippen LogP contribution in [0.1, 0.15) is 53.5 Å². The fraction of sp³-hybridized carbons (Fsp3) is 0.440. The number of ether oxygens (including phenoxy) is 1. The highest BCUT2D eigenvalue weighted by Gasteiger charge is 2.24. The maximum atomic E-state index is 12.9. The van der Waals surface area contributed by atoms with Crippen LogP contribution in [-0.2, 0) is 26.3 Å². The maximum Gasteiger partial charge on any atom is 0.339 e. The normalized spacial score (nSPS) is 11.8. The molecule has 0 radical (unpaired) electrons. The van der Waals surface area contributed by atoms with E-state index in [1.54, 1.807) is 23.1 Å². The zero-order chi connectivity index (χ0) is 25.7. The fourth-order valence-electron chi connectivity index (χ4n) is 3.27. The first-order valence-corrected chi connectivity index (χ1v) is 12.4. The van der Waals surface area contributed by atoms with Crippen molar-refractivity contribution in [1.29, 1.82) is 0 Å². The summed E-state index contributed by atoms with van der Waals surface area (Å²) in [5.74, 6) is 0.0368. The third-order valence-corrected chi connectivity index (χ3v) is 6.12. The first-order chi connectivity index (χ1) is 15.7. The predicted molar refractivity (Wildman–Crippen MR) is 131 cm³/mol. The van der Waals surface area contributed by atoms with E-state index < -0.39 is 10.1 Å². The van der Waals surface area contributed by atoms with Crippen molar-refractivity contribution >= 4 is 27.6 Å². The first-order valence-electron chi connectivity index (χ1n) is 11.0. The number of carbonyl (C=O) groups excluding carboxylic acids is 2. The number of hydrogen-bond donors (Lipinski definition) is 1. The average Bonchev–Trinajstić information content (AvgIpc) is 2.70. The van der Waals surface area contributed by atoms with Crippen molar-refractivity contribution in [2.75, 3.05) is 12.4 Å². The number of carbonyl (C=O) groups is 2. The van der Waals surface area contributed by atoms with Crippen molar-refractivity contribution in [3.8, 4) is 11.5 Å². The molecule has 34 heavy (non-hydrogen) atoms. The molecule has 0 unspecified atom stereocenters. The van der Waals surface area contributed by atoms with Crippen LogP contribution >= 0.6 is 0 Å². The number of anilines is 1. The molecular formula is C25H34N2O6S. The summed E-state index contributed by atoms with van der Waals surface area (Å²) in [7, 11) is -2.75. The highest BCUT2D eigenvalue weighted by Crippen LogP contribution is 2.32. The lowest BCUT2D eigenvalue weighted by molar-refractivity contribution is -0.135. The third kappa shape index (κ3) is 7.76. The van der Waals surface area contributed by atoms with Crippen LogP contribution in [0.15, 0.2) is 47.4 Å². The quantitative estimate of drug-likeness (QED) is 0.516. The van der Waals surface area contributed by atoms with E-state index in [4.69, 9.17) is 8.92 Å². The van der Waals surface area contributed by atoms with E-state index in [-0.39, 0.29) is 39.7 Å². The molecule has 0 fully saturated rings. The summed E-state index contributed by atoms with van der Waals surface area (Å²) < 4.78 is 36.5. The predicted octanol–water partition coefficient (Wildman–Crippen LogP) is 4.59. The van der Waals surface area contributed by atoms with Gasteiger partial charge in [0.15, 0.2) is 11.5 Å². The standard InChI is InChI=1S/C25H34N2O6S/c1-17(2)27(24(29)15-25(4,5)6)16-19-8-13-22(32-7)23(14-19)33-34(30,31)21-11-9-20(10-12-21)26-18(3)28/h8-14,17H,15-16H2,1-7H3,(H,26,28). The minimum absolute atomic E-state index is 0.0210. The molecule has 0 heterocycles. The minimum Gasteiger partial charge on any atom is -0.493 e. The molecule has 0 bridgehead atoms. The van der Waals surface area contributed by atoms with E-state index in [1.807, 2.05) is 34.6 Å². The molecule has 0 aliphatic rings. The molecule has 0 aromatic heterocycles. The molecule has 2 rings (SSSR count). The van der Waals surface area contributed by atoms with Gasteiger partial charge >= 0.3 is 10.1 Å². The van der Waals surface area contributed by atoms with Gasteiger partial charge in [0.25, 0.3) is 0 Å². The minimum atomic E-state index is -4.17. The van der Waals surface area contributed by atoms with E-state index in [2.05, 4.69) is 5.32 Å². The Hall–Kier alpha value is -3.07. The molecule has 0 aliphatic carbocycles. The van der Waals surface area contributed by atoms with Gasteiger partial charge in [-0.1, -0.05) is 26.8 Å². The summed E-state index contributed by atoms with van der Waals surface area (Å²) in [5, 5.41) is 2.58. The Morgan fingerprint density at radius 3 is 2.15 bits per heavy atom. The summed E-state index contributed by atoms with van der Waals surface area (Å²) in [6.45, 7) is 11.6. The number of hydrogen-bond acceptors (Lipinski definition) is 6. The van der Waals surface area contributed by atoms with Crippen LogP contribution in [0.25, 0.3) is 0 Å². The number of benzene rings is 2. The zero-order valence-electron chi connectivity index (χ0n) is 20.8. The molecule has 2 aromatic carbocycles. The average molecular weight is 491 g/mol. The van der Waals surface area contributed by atoms with E-state index in [0.29, 0.717) is 24.2 Å². The van der Waals surface area contributed by atoms with Crippen molar-refractivity contribution in [2.45, 2.75) is 65.4 Å². The molecule has 8 nitrogen and oxygen atoms in total.